The lowest BCUT2D eigenvalue weighted by Gasteiger charge is -2.38. The third-order valence-electron chi connectivity index (χ3n) is 5.64. The van der Waals surface area contributed by atoms with Crippen molar-refractivity contribution in [3.63, 3.8) is 0 Å². The Labute approximate surface area is 197 Å². The molecule has 0 aromatic heterocycles. The van der Waals surface area contributed by atoms with E-state index in [1.165, 1.54) is 0 Å². The van der Waals surface area contributed by atoms with Gasteiger partial charge in [0.05, 0.1) is 30.4 Å². The molecule has 0 aliphatic carbocycles. The minimum absolute atomic E-state index is 0.0872. The van der Waals surface area contributed by atoms with E-state index in [1.807, 2.05) is 42.5 Å². The second-order valence-corrected chi connectivity index (χ2v) is 9.19. The van der Waals surface area contributed by atoms with Crippen molar-refractivity contribution >= 4 is 37.6 Å². The molecule has 0 radical (unpaired) electrons. The fourth-order valence-electron chi connectivity index (χ4n) is 4.07. The minimum Gasteiger partial charge on any atom is -0.497 e. The number of methoxy groups -OCH3 is 2. The third kappa shape index (κ3) is 3.70. The molecule has 158 valence electrons. The number of rotatable bonds is 4. The highest BCUT2D eigenvalue weighted by molar-refractivity contribution is 9.10. The first-order valence-corrected chi connectivity index (χ1v) is 11.5. The molecule has 3 aromatic rings. The van der Waals surface area contributed by atoms with Crippen LogP contribution < -0.4 is 14.2 Å². The molecule has 3 aromatic carbocycles. The lowest BCUT2D eigenvalue weighted by atomic mass is 9.96. The van der Waals surface area contributed by atoms with Crippen molar-refractivity contribution in [2.45, 2.75) is 18.7 Å². The molecular formula is C24H20Br2N2O3. The molecule has 0 saturated heterocycles. The van der Waals surface area contributed by atoms with Crippen LogP contribution in [0.25, 0.3) is 0 Å². The largest absolute Gasteiger partial charge is 0.497 e. The van der Waals surface area contributed by atoms with Gasteiger partial charge in [-0.1, -0.05) is 15.9 Å². The molecule has 31 heavy (non-hydrogen) atoms. The number of ether oxygens (including phenoxy) is 3. The van der Waals surface area contributed by atoms with Gasteiger partial charge in [0.25, 0.3) is 0 Å². The van der Waals surface area contributed by atoms with Crippen molar-refractivity contribution < 1.29 is 14.2 Å². The smallest absolute Gasteiger partial charge is 0.213 e. The summed E-state index contributed by atoms with van der Waals surface area (Å²) in [4.78, 5) is 0. The fourth-order valence-corrected chi connectivity index (χ4v) is 5.01. The summed E-state index contributed by atoms with van der Waals surface area (Å²) in [5.41, 5.74) is 4.25. The van der Waals surface area contributed by atoms with Crippen LogP contribution in [0.2, 0.25) is 0 Å². The van der Waals surface area contributed by atoms with Gasteiger partial charge in [-0.05, 0) is 82.2 Å². The van der Waals surface area contributed by atoms with Crippen molar-refractivity contribution in [3.05, 3.63) is 86.3 Å². The Morgan fingerprint density at radius 2 is 1.77 bits per heavy atom. The van der Waals surface area contributed by atoms with Crippen LogP contribution in [0.1, 0.15) is 35.4 Å². The van der Waals surface area contributed by atoms with Crippen molar-refractivity contribution in [2.75, 3.05) is 14.2 Å². The van der Waals surface area contributed by atoms with Gasteiger partial charge in [0.15, 0.2) is 0 Å². The fraction of sp³-hybridized carbons (Fsp3) is 0.208. The summed E-state index contributed by atoms with van der Waals surface area (Å²) in [6.07, 6.45) is 0.462. The SMILES string of the molecule is COc1ccc(C2=NN3C(C2)c2cc(Br)ccc2OC3c2ccc(OC)c(Br)c2)cc1. The molecule has 5 rings (SSSR count). The summed E-state index contributed by atoms with van der Waals surface area (Å²) in [7, 11) is 3.33. The minimum atomic E-state index is -0.336. The second-order valence-electron chi connectivity index (χ2n) is 7.42. The molecule has 0 spiro atoms. The Morgan fingerprint density at radius 1 is 0.968 bits per heavy atom. The Hall–Kier alpha value is -2.51. The maximum Gasteiger partial charge on any atom is 0.213 e. The molecule has 0 amide bonds. The molecule has 2 atom stereocenters. The second kappa shape index (κ2) is 8.20. The summed E-state index contributed by atoms with van der Waals surface area (Å²) < 4.78 is 19.1. The van der Waals surface area contributed by atoms with Crippen LogP contribution in [0.15, 0.2) is 74.7 Å². The number of fused-ring (bicyclic) bond motifs is 3. The normalized spacial score (nSPS) is 19.2. The monoisotopic (exact) mass is 542 g/mol. The molecule has 0 bridgehead atoms. The zero-order valence-electron chi connectivity index (χ0n) is 17.0. The van der Waals surface area contributed by atoms with Gasteiger partial charge in [-0.25, -0.2) is 5.01 Å². The Morgan fingerprint density at radius 3 is 2.48 bits per heavy atom. The summed E-state index contributed by atoms with van der Waals surface area (Å²) in [6, 6.07) is 20.3. The lowest BCUT2D eigenvalue weighted by molar-refractivity contribution is -0.0191. The highest BCUT2D eigenvalue weighted by Gasteiger charge is 2.41. The van der Waals surface area contributed by atoms with Crippen molar-refractivity contribution in [3.8, 4) is 17.2 Å². The number of halogens is 2. The van der Waals surface area contributed by atoms with Crippen molar-refractivity contribution in [1.82, 2.24) is 5.01 Å². The van der Waals surface area contributed by atoms with Crippen LogP contribution in [0, 0.1) is 0 Å². The number of hydrazone groups is 1. The van der Waals surface area contributed by atoms with Crippen LogP contribution in [-0.4, -0.2) is 24.9 Å². The van der Waals surface area contributed by atoms with Gasteiger partial charge in [0, 0.05) is 22.0 Å². The van der Waals surface area contributed by atoms with Crippen molar-refractivity contribution in [2.24, 2.45) is 5.10 Å². The van der Waals surface area contributed by atoms with E-state index in [2.05, 4.69) is 55.1 Å². The molecule has 2 aliphatic rings. The number of hydrogen-bond acceptors (Lipinski definition) is 5. The summed E-state index contributed by atoms with van der Waals surface area (Å²) in [6.45, 7) is 0. The first kappa shape index (κ1) is 20.4. The molecular weight excluding hydrogens is 524 g/mol. The number of benzene rings is 3. The van der Waals surface area contributed by atoms with E-state index in [-0.39, 0.29) is 12.3 Å². The van der Waals surface area contributed by atoms with Crippen LogP contribution in [0.5, 0.6) is 17.2 Å². The van der Waals surface area contributed by atoms with E-state index in [0.717, 1.165) is 55.0 Å². The zero-order valence-corrected chi connectivity index (χ0v) is 20.2. The third-order valence-corrected chi connectivity index (χ3v) is 6.75. The molecule has 7 heteroatoms. The summed E-state index contributed by atoms with van der Waals surface area (Å²) in [5, 5.41) is 7.09. The molecule has 2 unspecified atom stereocenters. The Bertz CT molecular complexity index is 1160. The average Bonchev–Trinajstić information content (AvgIpc) is 3.24. The number of nitrogens with zero attached hydrogens (tertiary/aromatic N) is 2. The highest BCUT2D eigenvalue weighted by Crippen LogP contribution is 2.48. The molecule has 0 saturated carbocycles. The topological polar surface area (TPSA) is 43.3 Å². The molecule has 2 aliphatic heterocycles. The van der Waals surface area contributed by atoms with E-state index >= 15 is 0 Å². The summed E-state index contributed by atoms with van der Waals surface area (Å²) in [5.74, 6) is 2.50. The van der Waals surface area contributed by atoms with Gasteiger partial charge in [0.1, 0.15) is 17.2 Å². The van der Waals surface area contributed by atoms with Gasteiger partial charge in [0.2, 0.25) is 6.23 Å². The highest BCUT2D eigenvalue weighted by atomic mass is 79.9. The van der Waals surface area contributed by atoms with Crippen molar-refractivity contribution in [1.29, 1.82) is 0 Å². The van der Waals surface area contributed by atoms with Crippen LogP contribution in [0.3, 0.4) is 0 Å². The van der Waals surface area contributed by atoms with E-state index < -0.39 is 0 Å². The predicted octanol–water partition coefficient (Wildman–Crippen LogP) is 6.47. The molecule has 0 fully saturated rings. The van der Waals surface area contributed by atoms with Crippen LogP contribution >= 0.6 is 31.9 Å². The molecule has 2 heterocycles. The van der Waals surface area contributed by atoms with Gasteiger partial charge in [-0.3, -0.25) is 0 Å². The van der Waals surface area contributed by atoms with Gasteiger partial charge >= 0.3 is 0 Å². The van der Waals surface area contributed by atoms with E-state index in [4.69, 9.17) is 19.3 Å². The lowest BCUT2D eigenvalue weighted by Crippen LogP contribution is -2.33. The summed E-state index contributed by atoms with van der Waals surface area (Å²) >= 11 is 7.20. The molecule has 0 N–H and O–H groups in total. The van der Waals surface area contributed by atoms with Gasteiger partial charge in [-0.2, -0.15) is 5.10 Å². The van der Waals surface area contributed by atoms with Gasteiger partial charge < -0.3 is 14.2 Å². The van der Waals surface area contributed by atoms with Crippen LogP contribution in [-0.2, 0) is 0 Å². The predicted molar refractivity (Wildman–Crippen MR) is 127 cm³/mol. The molecule has 5 nitrogen and oxygen atoms in total. The van der Waals surface area contributed by atoms with Gasteiger partial charge in [-0.15, -0.1) is 0 Å². The van der Waals surface area contributed by atoms with E-state index in [1.54, 1.807) is 14.2 Å². The standard InChI is InChI=1S/C24H20Br2N2O3/c1-29-17-7-3-14(4-8-17)20-13-21-18-12-16(25)6-10-22(18)31-24(28(21)27-20)15-5-9-23(30-2)19(26)11-15/h3-12,21,24H,13H2,1-2H3. The Kier molecular flexibility index (Phi) is 5.40. The van der Waals surface area contributed by atoms with Crippen LogP contribution in [0.4, 0.5) is 0 Å². The van der Waals surface area contributed by atoms with E-state index in [9.17, 15) is 0 Å². The zero-order chi connectivity index (χ0) is 21.5. The first-order chi connectivity index (χ1) is 15.1. The maximum atomic E-state index is 6.45. The number of hydrogen-bond donors (Lipinski definition) is 0. The first-order valence-electron chi connectivity index (χ1n) is 9.87. The Balaban J connectivity index is 1.57. The average molecular weight is 544 g/mol. The quantitative estimate of drug-likeness (QED) is 0.378. The maximum absolute atomic E-state index is 6.45. The van der Waals surface area contributed by atoms with E-state index in [0.29, 0.717) is 0 Å².